The van der Waals surface area contributed by atoms with Crippen molar-refractivity contribution in [2.45, 2.75) is 58.6 Å². The molecule has 1 heterocycles. The number of ether oxygens (including phenoxy) is 1. The van der Waals surface area contributed by atoms with Crippen LogP contribution in [0.3, 0.4) is 0 Å². The van der Waals surface area contributed by atoms with Gasteiger partial charge < -0.3 is 20.9 Å². The van der Waals surface area contributed by atoms with Gasteiger partial charge in [0.25, 0.3) is 0 Å². The van der Waals surface area contributed by atoms with E-state index in [9.17, 15) is 13.8 Å². The summed E-state index contributed by atoms with van der Waals surface area (Å²) < 4.78 is 19.1. The third kappa shape index (κ3) is 8.57. The summed E-state index contributed by atoms with van der Waals surface area (Å²) in [4.78, 5) is 23.0. The van der Waals surface area contributed by atoms with Gasteiger partial charge in [-0.15, -0.1) is 0 Å². The Balaban J connectivity index is 0.00000407. The van der Waals surface area contributed by atoms with Crippen molar-refractivity contribution >= 4 is 22.9 Å². The number of nitrogens with two attached hydrogens (primary N) is 1. The maximum absolute atomic E-state index is 13.1. The van der Waals surface area contributed by atoms with Gasteiger partial charge in [-0.05, 0) is 32.3 Å². The van der Waals surface area contributed by atoms with Crippen molar-refractivity contribution in [3.05, 3.63) is 23.9 Å². The van der Waals surface area contributed by atoms with Crippen LogP contribution in [-0.2, 0) is 25.3 Å². The Morgan fingerprint density at radius 3 is 2.37 bits per heavy atom. The third-order valence-electron chi connectivity index (χ3n) is 4.74. The van der Waals surface area contributed by atoms with Crippen molar-refractivity contribution < 1.29 is 23.6 Å². The largest absolute Gasteiger partial charge is 0.481 e. The second-order valence-electron chi connectivity index (χ2n) is 6.72. The van der Waals surface area contributed by atoms with E-state index in [0.29, 0.717) is 45.7 Å². The fourth-order valence-corrected chi connectivity index (χ4v) is 4.56. The molecule has 0 saturated carbocycles. The highest BCUT2D eigenvalue weighted by Crippen LogP contribution is 2.29. The van der Waals surface area contributed by atoms with Crippen LogP contribution in [0, 0.1) is 5.92 Å². The molecule has 0 spiro atoms. The minimum atomic E-state index is -1.55. The molecular formula is C21H39N3O5S. The summed E-state index contributed by atoms with van der Waals surface area (Å²) in [7, 11) is -1.55. The third-order valence-corrected chi connectivity index (χ3v) is 6.93. The van der Waals surface area contributed by atoms with E-state index in [4.69, 9.17) is 15.6 Å². The molecule has 1 rings (SSSR count). The van der Waals surface area contributed by atoms with Gasteiger partial charge in [0.05, 0.1) is 5.92 Å². The predicted octanol–water partition coefficient (Wildman–Crippen LogP) is 2.19. The van der Waals surface area contributed by atoms with Crippen LogP contribution in [-0.4, -0.2) is 63.1 Å². The number of hydrogen-bond acceptors (Lipinski definition) is 5. The zero-order valence-electron chi connectivity index (χ0n) is 19.0. The molecule has 8 nitrogen and oxygen atoms in total. The van der Waals surface area contributed by atoms with E-state index in [1.165, 1.54) is 0 Å². The number of aliphatic carboxylic acids is 1. The van der Waals surface area contributed by atoms with Crippen molar-refractivity contribution in [2.75, 3.05) is 32.8 Å². The van der Waals surface area contributed by atoms with E-state index in [2.05, 4.69) is 5.32 Å². The van der Waals surface area contributed by atoms with Crippen LogP contribution in [0.15, 0.2) is 23.9 Å². The molecular weight excluding hydrogens is 406 g/mol. The van der Waals surface area contributed by atoms with E-state index in [0.717, 1.165) is 12.1 Å². The van der Waals surface area contributed by atoms with Crippen LogP contribution in [0.25, 0.3) is 0 Å². The van der Waals surface area contributed by atoms with E-state index in [-0.39, 0.29) is 0 Å². The minimum absolute atomic E-state index is 0.357. The van der Waals surface area contributed by atoms with Crippen LogP contribution in [0.1, 0.15) is 53.9 Å². The highest BCUT2D eigenvalue weighted by Gasteiger charge is 2.46. The molecule has 0 aromatic rings. The Morgan fingerprint density at radius 1 is 1.30 bits per heavy atom. The topological polar surface area (TPSA) is 122 Å². The number of nitrogens with zero attached hydrogens (tertiary/aromatic N) is 1. The molecule has 1 fully saturated rings. The number of likely N-dealkylation sites (N-methyl/N-ethyl adjacent to an activating group) is 1. The van der Waals surface area contributed by atoms with Gasteiger partial charge in [-0.25, -0.2) is 8.51 Å². The van der Waals surface area contributed by atoms with Crippen LogP contribution in [0.5, 0.6) is 0 Å². The van der Waals surface area contributed by atoms with Crippen molar-refractivity contribution in [3.63, 3.8) is 0 Å². The Morgan fingerprint density at radius 2 is 1.90 bits per heavy atom. The molecule has 0 bridgehead atoms. The van der Waals surface area contributed by atoms with Gasteiger partial charge in [0.2, 0.25) is 5.91 Å². The van der Waals surface area contributed by atoms with Crippen LogP contribution >= 0.6 is 0 Å². The molecule has 174 valence electrons. The monoisotopic (exact) mass is 445 g/mol. The molecule has 2 atom stereocenters. The number of carbonyl (C=O) groups excluding carboxylic acids is 1. The Kier molecular flexibility index (Phi) is 14.3. The second-order valence-corrected chi connectivity index (χ2v) is 8.52. The molecule has 0 aromatic carbocycles. The average molecular weight is 446 g/mol. The Hall–Kier alpha value is -1.71. The fraction of sp³-hybridized carbons (Fsp3) is 0.714. The smallest absolute Gasteiger partial charge is 0.310 e. The van der Waals surface area contributed by atoms with Crippen molar-refractivity contribution in [1.82, 2.24) is 9.62 Å². The quantitative estimate of drug-likeness (QED) is 0.396. The van der Waals surface area contributed by atoms with Crippen molar-refractivity contribution in [1.29, 1.82) is 0 Å². The lowest BCUT2D eigenvalue weighted by atomic mass is 9.98. The number of allylic oxidation sites excluding steroid dienone is 2. The molecule has 0 aromatic heterocycles. The predicted molar refractivity (Wildman–Crippen MR) is 121 cm³/mol. The van der Waals surface area contributed by atoms with E-state index >= 15 is 0 Å². The van der Waals surface area contributed by atoms with E-state index in [1.807, 2.05) is 33.8 Å². The molecule has 4 N–H and O–H groups in total. The van der Waals surface area contributed by atoms with Gasteiger partial charge in [-0.1, -0.05) is 39.8 Å². The fourth-order valence-electron chi connectivity index (χ4n) is 2.89. The highest BCUT2D eigenvalue weighted by atomic mass is 32.2. The van der Waals surface area contributed by atoms with Crippen LogP contribution in [0.4, 0.5) is 0 Å². The number of carboxylic acid groups (broad SMARTS) is 1. The maximum atomic E-state index is 13.1. The Labute approximate surface area is 183 Å². The minimum Gasteiger partial charge on any atom is -0.481 e. The molecule has 1 aliphatic rings. The summed E-state index contributed by atoms with van der Waals surface area (Å²) in [5, 5.41) is 12.2. The summed E-state index contributed by atoms with van der Waals surface area (Å²) >= 11 is 0. The Bertz CT molecular complexity index is 616. The van der Waals surface area contributed by atoms with Crippen molar-refractivity contribution in [2.24, 2.45) is 11.7 Å². The molecule has 0 aliphatic carbocycles. The van der Waals surface area contributed by atoms with E-state index < -0.39 is 33.5 Å². The van der Waals surface area contributed by atoms with Crippen LogP contribution < -0.4 is 11.1 Å². The molecule has 0 radical (unpaired) electrons. The number of hydrogen-bond donors (Lipinski definition) is 3. The highest BCUT2D eigenvalue weighted by molar-refractivity contribution is 7.85. The van der Waals surface area contributed by atoms with Gasteiger partial charge in [-0.2, -0.15) is 0 Å². The first-order valence-corrected chi connectivity index (χ1v) is 11.8. The van der Waals surface area contributed by atoms with Gasteiger partial charge >= 0.3 is 5.97 Å². The van der Waals surface area contributed by atoms with E-state index in [1.54, 1.807) is 23.4 Å². The number of primary amides is 1. The SMILES string of the molecule is CC.CC/C=C(\C=C/C(C)C(=O)O)NCCN(CC)S(=O)C1(C(N)=O)CCOCC1. The zero-order valence-corrected chi connectivity index (χ0v) is 19.8. The number of carboxylic acids is 1. The number of carbonyl (C=O) groups is 2. The lowest BCUT2D eigenvalue weighted by Gasteiger charge is -2.37. The summed E-state index contributed by atoms with van der Waals surface area (Å²) in [5.74, 6) is -2.00. The van der Waals surface area contributed by atoms with Crippen molar-refractivity contribution in [3.8, 4) is 0 Å². The summed E-state index contributed by atoms with van der Waals surface area (Å²) in [6.07, 6.45) is 6.84. The number of nitrogens with one attached hydrogen (secondary N) is 1. The first kappa shape index (κ1) is 28.3. The molecule has 9 heteroatoms. The lowest BCUT2D eigenvalue weighted by Crippen LogP contribution is -2.56. The summed E-state index contributed by atoms with van der Waals surface area (Å²) in [6.45, 7) is 11.7. The van der Waals surface area contributed by atoms with Gasteiger partial charge in [0.15, 0.2) is 0 Å². The molecule has 2 unspecified atom stereocenters. The molecule has 1 amide bonds. The second kappa shape index (κ2) is 15.1. The first-order valence-electron chi connectivity index (χ1n) is 10.7. The van der Waals surface area contributed by atoms with Crippen LogP contribution in [0.2, 0.25) is 0 Å². The summed E-state index contributed by atoms with van der Waals surface area (Å²) in [5.41, 5.74) is 6.42. The molecule has 30 heavy (non-hydrogen) atoms. The first-order chi connectivity index (χ1) is 14.3. The summed E-state index contributed by atoms with van der Waals surface area (Å²) in [6, 6.07) is 0. The number of rotatable bonds is 12. The normalized spacial score (nSPS) is 18.4. The number of amides is 1. The molecule has 1 aliphatic heterocycles. The standard InChI is InChI=1S/C19H33N3O5S.C2H6/c1-4-6-16(8-7-15(3)17(23)24)21-11-12-22(5-2)28(26)19(18(20)25)9-13-27-14-10-19;1-2/h6-8,15,21H,4-5,9-14H2,1-3H3,(H2,20,25)(H,23,24);1-2H3/b8-7-,16-6+;. The average Bonchev–Trinajstić information content (AvgIpc) is 2.75. The zero-order chi connectivity index (χ0) is 23.2. The molecule has 1 saturated heterocycles. The van der Waals surface area contributed by atoms with Gasteiger partial charge in [-0.3, -0.25) is 9.59 Å². The lowest BCUT2D eigenvalue weighted by molar-refractivity contribution is -0.139. The maximum Gasteiger partial charge on any atom is 0.310 e. The van der Waals surface area contributed by atoms with Gasteiger partial charge in [0, 0.05) is 38.5 Å². The van der Waals surface area contributed by atoms with Gasteiger partial charge in [0.1, 0.15) is 15.7 Å².